The Kier molecular flexibility index (Phi) is 6.90. The molecule has 0 aliphatic carbocycles. The molecule has 0 bridgehead atoms. The molecule has 8 heteroatoms. The normalized spacial score (nSPS) is 21.8. The Balaban J connectivity index is 0.000000131. The quantitative estimate of drug-likeness (QED) is 0.343. The summed E-state index contributed by atoms with van der Waals surface area (Å²) in [5.41, 5.74) is 2.66. The summed E-state index contributed by atoms with van der Waals surface area (Å²) in [6, 6.07) is 13.1. The summed E-state index contributed by atoms with van der Waals surface area (Å²) in [5, 5.41) is 0. The van der Waals surface area contributed by atoms with E-state index < -0.39 is 22.8 Å². The van der Waals surface area contributed by atoms with Gasteiger partial charge in [-0.2, -0.15) is 0 Å². The summed E-state index contributed by atoms with van der Waals surface area (Å²) in [4.78, 5) is 5.56. The summed E-state index contributed by atoms with van der Waals surface area (Å²) >= 11 is -2.23. The molecule has 2 unspecified atom stereocenters. The third kappa shape index (κ3) is 4.79. The molecule has 2 aliphatic heterocycles. The predicted octanol–water partition coefficient (Wildman–Crippen LogP) is 6.83. The topological polar surface area (TPSA) is 0 Å². The monoisotopic (exact) mass is 528 g/mol. The molecular weight excluding hydrogens is 517 g/mol. The number of aryl methyl sites for hydroxylation is 2. The molecule has 0 nitrogen and oxygen atoms in total. The first-order valence-corrected chi connectivity index (χ1v) is 23.6. The van der Waals surface area contributed by atoms with Crippen molar-refractivity contribution in [3.63, 3.8) is 0 Å². The molecule has 0 saturated carbocycles. The maximum atomic E-state index is 6.10. The van der Waals surface area contributed by atoms with Crippen LogP contribution >= 0.6 is 60.0 Å². The van der Waals surface area contributed by atoms with Crippen LogP contribution in [0.25, 0.3) is 0 Å². The summed E-state index contributed by atoms with van der Waals surface area (Å²) < 4.78 is 0. The molecule has 2 aliphatic rings. The van der Waals surface area contributed by atoms with Crippen LogP contribution in [-0.2, 0) is 0 Å². The molecule has 2 heterocycles. The fraction of sp³-hybridized carbons (Fsp3) is 0.143. The van der Waals surface area contributed by atoms with E-state index in [1.165, 1.54) is 30.7 Å². The van der Waals surface area contributed by atoms with Gasteiger partial charge in [-0.15, -0.1) is 0 Å². The molecule has 0 amide bonds. The first-order valence-electron chi connectivity index (χ1n) is 6.36. The average molecular weight is 529 g/mol. The summed E-state index contributed by atoms with van der Waals surface area (Å²) in [5.74, 6) is 0. The molecule has 0 spiro atoms. The molecule has 0 N–H and O–H groups in total. The number of benzene rings is 2. The SMILES string of the molecule is Cc1ccc2c(c1)S[As](Cl)S2.Cc1ccc2c(c1)S[As](Cl)S2. The van der Waals surface area contributed by atoms with E-state index in [0.29, 0.717) is 0 Å². The fourth-order valence-corrected chi connectivity index (χ4v) is 25.1. The van der Waals surface area contributed by atoms with Crippen LogP contribution in [0.15, 0.2) is 56.0 Å². The zero-order valence-electron chi connectivity index (χ0n) is 11.7. The van der Waals surface area contributed by atoms with Crippen LogP contribution in [0.1, 0.15) is 11.1 Å². The first kappa shape index (κ1) is 18.3. The van der Waals surface area contributed by atoms with Gasteiger partial charge in [0.1, 0.15) is 0 Å². The van der Waals surface area contributed by atoms with E-state index in [2.05, 4.69) is 50.2 Å². The van der Waals surface area contributed by atoms with Crippen LogP contribution in [0.2, 0.25) is 0 Å². The van der Waals surface area contributed by atoms with Crippen molar-refractivity contribution in [2.24, 2.45) is 0 Å². The van der Waals surface area contributed by atoms with Crippen molar-refractivity contribution >= 4 is 82.8 Å². The Morgan fingerprint density at radius 3 is 1.41 bits per heavy atom. The second-order valence-corrected chi connectivity index (χ2v) is 31.2. The van der Waals surface area contributed by atoms with Crippen molar-refractivity contribution in [3.8, 4) is 0 Å². The van der Waals surface area contributed by atoms with Gasteiger partial charge < -0.3 is 0 Å². The molecule has 116 valence electrons. The minimum atomic E-state index is -1.11. The Morgan fingerprint density at radius 1 is 0.636 bits per heavy atom. The zero-order valence-corrected chi connectivity index (χ0v) is 20.3. The van der Waals surface area contributed by atoms with Crippen LogP contribution in [0.3, 0.4) is 0 Å². The van der Waals surface area contributed by atoms with E-state index in [1.54, 1.807) is 0 Å². The molecule has 0 aromatic heterocycles. The van der Waals surface area contributed by atoms with E-state index in [4.69, 9.17) is 19.9 Å². The van der Waals surface area contributed by atoms with Crippen molar-refractivity contribution in [2.45, 2.75) is 33.4 Å². The van der Waals surface area contributed by atoms with E-state index >= 15 is 0 Å². The molecule has 2 aromatic carbocycles. The van der Waals surface area contributed by atoms with E-state index in [0.717, 1.165) is 0 Å². The standard InChI is InChI=1S/2C7H6AsClS2/c2*1-5-2-3-6-7(4-5)11-8(9)10-6/h2*2-4H,1H3. The van der Waals surface area contributed by atoms with Gasteiger partial charge in [0.15, 0.2) is 0 Å². The van der Waals surface area contributed by atoms with Gasteiger partial charge in [0.05, 0.1) is 0 Å². The van der Waals surface area contributed by atoms with Crippen molar-refractivity contribution in [3.05, 3.63) is 47.5 Å². The van der Waals surface area contributed by atoms with E-state index in [9.17, 15) is 0 Å². The minimum absolute atomic E-state index is 1.11. The van der Waals surface area contributed by atoms with Gasteiger partial charge in [-0.25, -0.2) is 0 Å². The second-order valence-electron chi connectivity index (χ2n) is 4.69. The van der Waals surface area contributed by atoms with Crippen LogP contribution in [0, 0.1) is 13.8 Å². The Bertz CT molecular complexity index is 639. The number of fused-ring (bicyclic) bond motifs is 2. The van der Waals surface area contributed by atoms with Gasteiger partial charge in [0, 0.05) is 0 Å². The summed E-state index contributed by atoms with van der Waals surface area (Å²) in [6.07, 6.45) is 0. The van der Waals surface area contributed by atoms with Gasteiger partial charge in [0.2, 0.25) is 0 Å². The van der Waals surface area contributed by atoms with Crippen molar-refractivity contribution in [1.29, 1.82) is 0 Å². The number of halogens is 2. The second kappa shape index (κ2) is 8.28. The molecule has 0 fully saturated rings. The van der Waals surface area contributed by atoms with E-state index in [1.807, 2.05) is 40.1 Å². The van der Waals surface area contributed by atoms with Crippen molar-refractivity contribution in [2.75, 3.05) is 0 Å². The van der Waals surface area contributed by atoms with Crippen LogP contribution < -0.4 is 0 Å². The van der Waals surface area contributed by atoms with Crippen molar-refractivity contribution < 1.29 is 0 Å². The number of hydrogen-bond acceptors (Lipinski definition) is 4. The van der Waals surface area contributed by atoms with Gasteiger partial charge in [-0.05, 0) is 0 Å². The molecule has 2 aromatic rings. The Labute approximate surface area is 162 Å². The Morgan fingerprint density at radius 2 is 1.00 bits per heavy atom. The molecule has 22 heavy (non-hydrogen) atoms. The van der Waals surface area contributed by atoms with Gasteiger partial charge >= 0.3 is 164 Å². The molecular formula is C14H12As2Cl2S4. The molecule has 0 saturated heterocycles. The van der Waals surface area contributed by atoms with Crippen molar-refractivity contribution in [1.82, 2.24) is 0 Å². The molecule has 4 rings (SSSR count). The van der Waals surface area contributed by atoms with Gasteiger partial charge in [-0.3, -0.25) is 0 Å². The predicted molar refractivity (Wildman–Crippen MR) is 109 cm³/mol. The third-order valence-electron chi connectivity index (χ3n) is 2.88. The Hall–Kier alpha value is 1.54. The van der Waals surface area contributed by atoms with E-state index in [-0.39, 0.29) is 0 Å². The average Bonchev–Trinajstić information content (AvgIpc) is 2.99. The first-order chi connectivity index (χ1) is 10.5. The maximum absolute atomic E-state index is 6.10. The summed E-state index contributed by atoms with van der Waals surface area (Å²) in [6.45, 7) is 4.24. The van der Waals surface area contributed by atoms with Crippen LogP contribution in [0.4, 0.5) is 0 Å². The van der Waals surface area contributed by atoms with Crippen LogP contribution in [-0.4, -0.2) is 22.8 Å². The number of hydrogen-bond donors (Lipinski definition) is 0. The number of rotatable bonds is 0. The van der Waals surface area contributed by atoms with Gasteiger partial charge in [0.25, 0.3) is 0 Å². The van der Waals surface area contributed by atoms with Crippen LogP contribution in [0.5, 0.6) is 0 Å². The fourth-order valence-electron chi connectivity index (χ4n) is 1.87. The zero-order chi connectivity index (χ0) is 15.7. The summed E-state index contributed by atoms with van der Waals surface area (Å²) in [7, 11) is 19.7. The third-order valence-corrected chi connectivity index (χ3v) is 23.4. The molecule has 0 radical (unpaired) electrons. The molecule has 2 atom stereocenters. The van der Waals surface area contributed by atoms with Gasteiger partial charge in [-0.1, -0.05) is 0 Å².